The molecule has 3 aliphatic rings. The maximum absolute atomic E-state index is 14.6. The van der Waals surface area contributed by atoms with Gasteiger partial charge in [0.25, 0.3) is 5.91 Å². The minimum absolute atomic E-state index is 0.0774. The number of rotatable bonds is 17. The van der Waals surface area contributed by atoms with E-state index in [4.69, 9.17) is 9.47 Å². The first kappa shape index (κ1) is 35.8. The topological polar surface area (TPSA) is 129 Å². The van der Waals surface area contributed by atoms with Crippen molar-refractivity contribution in [2.45, 2.75) is 63.3 Å². The van der Waals surface area contributed by atoms with Crippen molar-refractivity contribution >= 4 is 35.1 Å². The Hall–Kier alpha value is -4.48. The molecule has 1 spiro atoms. The molecule has 5 rings (SSSR count). The number of amides is 3. The number of hydrogen-bond donors (Lipinski definition) is 2. The molecule has 0 radical (unpaired) electrons. The van der Waals surface area contributed by atoms with E-state index >= 15 is 0 Å². The molecular formula is C38H48N4O7. The van der Waals surface area contributed by atoms with Gasteiger partial charge in [-0.05, 0) is 62.9 Å². The van der Waals surface area contributed by atoms with Gasteiger partial charge < -0.3 is 34.6 Å². The minimum atomic E-state index is -1.24. The highest BCUT2D eigenvalue weighted by Gasteiger charge is 2.74. The van der Waals surface area contributed by atoms with Gasteiger partial charge in [-0.15, -0.1) is 13.2 Å². The first-order valence-corrected chi connectivity index (χ1v) is 17.2. The van der Waals surface area contributed by atoms with Gasteiger partial charge in [-0.25, -0.2) is 0 Å². The summed E-state index contributed by atoms with van der Waals surface area (Å²) in [5.41, 5.74) is 1.18. The highest BCUT2D eigenvalue weighted by Crippen LogP contribution is 2.58. The number of aliphatic hydroxyl groups excluding tert-OH is 1. The number of anilines is 2. The van der Waals surface area contributed by atoms with Crippen LogP contribution in [0.5, 0.6) is 0 Å². The number of likely N-dealkylation sites (tertiary alicyclic amines) is 1. The molecule has 11 nitrogen and oxygen atoms in total. The zero-order valence-electron chi connectivity index (χ0n) is 28.5. The smallest absolute Gasteiger partial charge is 0.306 e. The van der Waals surface area contributed by atoms with Crippen LogP contribution >= 0.6 is 0 Å². The number of nitrogens with zero attached hydrogens (tertiary/aromatic N) is 3. The van der Waals surface area contributed by atoms with Crippen molar-refractivity contribution in [3.63, 3.8) is 0 Å². The van der Waals surface area contributed by atoms with Gasteiger partial charge in [-0.3, -0.25) is 19.2 Å². The Labute approximate surface area is 288 Å². The Kier molecular flexibility index (Phi) is 11.6. The van der Waals surface area contributed by atoms with E-state index in [1.54, 1.807) is 17.1 Å². The van der Waals surface area contributed by atoms with Gasteiger partial charge in [0.1, 0.15) is 18.2 Å². The molecule has 2 N–H and O–H groups in total. The Morgan fingerprint density at radius 3 is 2.41 bits per heavy atom. The lowest BCUT2D eigenvalue weighted by atomic mass is 9.70. The fraction of sp³-hybridized carbons (Fsp3) is 0.474. The van der Waals surface area contributed by atoms with Gasteiger partial charge in [0.2, 0.25) is 11.8 Å². The maximum atomic E-state index is 14.6. The van der Waals surface area contributed by atoms with Crippen LogP contribution in [0.1, 0.15) is 51.1 Å². The van der Waals surface area contributed by atoms with Crippen LogP contribution in [-0.2, 0) is 28.7 Å². The number of carbonyl (C=O) groups excluding carboxylic acids is 4. The highest BCUT2D eigenvalue weighted by molar-refractivity contribution is 6.05. The zero-order valence-corrected chi connectivity index (χ0v) is 28.5. The van der Waals surface area contributed by atoms with E-state index in [2.05, 4.69) is 37.2 Å². The molecule has 2 bridgehead atoms. The summed E-state index contributed by atoms with van der Waals surface area (Å²) in [5.74, 6) is -3.35. The predicted molar refractivity (Wildman–Crippen MR) is 187 cm³/mol. The number of aliphatic hydroxyl groups is 1. The van der Waals surface area contributed by atoms with Crippen LogP contribution in [-0.4, -0.2) is 90.8 Å². The third kappa shape index (κ3) is 7.00. The number of ether oxygens (including phenoxy) is 2. The summed E-state index contributed by atoms with van der Waals surface area (Å²) in [4.78, 5) is 60.6. The molecule has 3 saturated heterocycles. The number of hydrogen-bond acceptors (Lipinski definition) is 8. The molecule has 11 heteroatoms. The van der Waals surface area contributed by atoms with Gasteiger partial charge >= 0.3 is 5.97 Å². The number of nitrogens with one attached hydrogen (secondary N) is 1. The summed E-state index contributed by atoms with van der Waals surface area (Å²) in [7, 11) is 0. The number of allylic oxidation sites excluding steroid dienone is 1. The monoisotopic (exact) mass is 672 g/mol. The van der Waals surface area contributed by atoms with Crippen LogP contribution in [0, 0.1) is 11.8 Å². The van der Waals surface area contributed by atoms with Crippen LogP contribution in [0.25, 0.3) is 0 Å². The molecule has 49 heavy (non-hydrogen) atoms. The standard InChI is InChI=1S/C38H48N4O7/c1-5-9-15-31(44)48-25-29(26-13-11-10-12-14-26)39-35(45)32-30-20-21-38(49-30)33(32)36(46)42(23-24-43)34(38)37(47)41(22-6-2)28-18-16-27(17-19-28)40(7-3)8-4/h5-6,10-14,16-19,29-30,32-34,43H,1-2,7-9,15,20-25H2,3-4H3,(H,39,45)/t29-,30-,32+,33+,34-,38+/m1/s1. The summed E-state index contributed by atoms with van der Waals surface area (Å²) < 4.78 is 12.1. The van der Waals surface area contributed by atoms with Gasteiger partial charge in [-0.2, -0.15) is 0 Å². The molecule has 3 fully saturated rings. The first-order valence-electron chi connectivity index (χ1n) is 17.2. The lowest BCUT2D eigenvalue weighted by Crippen LogP contribution is -2.57. The number of fused-ring (bicyclic) bond motifs is 1. The molecule has 2 aromatic carbocycles. The molecule has 2 aromatic rings. The maximum Gasteiger partial charge on any atom is 0.306 e. The van der Waals surface area contributed by atoms with Crippen molar-refractivity contribution in [1.82, 2.24) is 10.2 Å². The molecule has 0 aliphatic carbocycles. The third-order valence-corrected chi connectivity index (χ3v) is 10.0. The van der Waals surface area contributed by atoms with E-state index in [9.17, 15) is 24.3 Å². The normalized spacial score (nSPS) is 24.2. The van der Waals surface area contributed by atoms with Crippen molar-refractivity contribution in [1.29, 1.82) is 0 Å². The molecular weight excluding hydrogens is 624 g/mol. The molecule has 3 amide bonds. The summed E-state index contributed by atoms with van der Waals surface area (Å²) in [6.07, 6.45) is 4.26. The molecule has 0 unspecified atom stereocenters. The second kappa shape index (κ2) is 15.8. The lowest BCUT2D eigenvalue weighted by Gasteiger charge is -2.36. The van der Waals surface area contributed by atoms with Crippen LogP contribution in [0.4, 0.5) is 11.4 Å². The minimum Gasteiger partial charge on any atom is -0.463 e. The quantitative estimate of drug-likeness (QED) is 0.192. The second-order valence-electron chi connectivity index (χ2n) is 12.7. The number of carbonyl (C=O) groups is 4. The largest absolute Gasteiger partial charge is 0.463 e. The Morgan fingerprint density at radius 2 is 1.78 bits per heavy atom. The van der Waals surface area contributed by atoms with Crippen molar-refractivity contribution in [3.8, 4) is 0 Å². The molecule has 3 heterocycles. The predicted octanol–water partition coefficient (Wildman–Crippen LogP) is 3.79. The Bertz CT molecular complexity index is 1510. The van der Waals surface area contributed by atoms with Gasteiger partial charge in [0.05, 0.1) is 30.6 Å². The van der Waals surface area contributed by atoms with E-state index in [-0.39, 0.29) is 38.6 Å². The van der Waals surface area contributed by atoms with E-state index in [1.807, 2.05) is 54.6 Å². The van der Waals surface area contributed by atoms with E-state index in [0.717, 1.165) is 24.3 Å². The molecule has 0 saturated carbocycles. The number of benzene rings is 2. The lowest BCUT2D eigenvalue weighted by molar-refractivity contribution is -0.146. The first-order chi connectivity index (χ1) is 23.7. The zero-order chi connectivity index (χ0) is 35.1. The van der Waals surface area contributed by atoms with E-state index < -0.39 is 53.4 Å². The average Bonchev–Trinajstić information content (AvgIpc) is 3.76. The average molecular weight is 673 g/mol. The van der Waals surface area contributed by atoms with Gasteiger partial charge in [0, 0.05) is 44.0 Å². The third-order valence-electron chi connectivity index (χ3n) is 10.0. The van der Waals surface area contributed by atoms with Crippen LogP contribution < -0.4 is 15.1 Å². The highest BCUT2D eigenvalue weighted by atomic mass is 16.5. The van der Waals surface area contributed by atoms with Crippen LogP contribution in [0.2, 0.25) is 0 Å². The van der Waals surface area contributed by atoms with Crippen molar-refractivity contribution in [2.75, 3.05) is 49.2 Å². The molecule has 262 valence electrons. The van der Waals surface area contributed by atoms with Crippen LogP contribution in [0.3, 0.4) is 0 Å². The van der Waals surface area contributed by atoms with Crippen molar-refractivity contribution in [2.24, 2.45) is 11.8 Å². The van der Waals surface area contributed by atoms with E-state index in [0.29, 0.717) is 24.9 Å². The summed E-state index contributed by atoms with van der Waals surface area (Å²) in [5, 5.41) is 13.1. The Morgan fingerprint density at radius 1 is 1.08 bits per heavy atom. The van der Waals surface area contributed by atoms with E-state index in [1.165, 1.54) is 4.90 Å². The van der Waals surface area contributed by atoms with Crippen LogP contribution in [0.15, 0.2) is 79.9 Å². The summed E-state index contributed by atoms with van der Waals surface area (Å²) in [6.45, 7) is 13.0. The number of esters is 1. The SMILES string of the molecule is C=CCCC(=O)OC[C@@H](NC(=O)[C@@H]1[C@H]2C(=O)N(CCO)[C@H](C(=O)N(CC=C)c3ccc(N(CC)CC)cc3)[C@]23CC[C@H]1O3)c1ccccc1. The molecule has 6 atom stereocenters. The fourth-order valence-corrected chi connectivity index (χ4v) is 7.76. The van der Waals surface area contributed by atoms with Gasteiger partial charge in [0.15, 0.2) is 0 Å². The van der Waals surface area contributed by atoms with Gasteiger partial charge in [-0.1, -0.05) is 42.5 Å². The molecule has 0 aromatic heterocycles. The summed E-state index contributed by atoms with van der Waals surface area (Å²) in [6, 6.07) is 15.2. The van der Waals surface area contributed by atoms with Crippen molar-refractivity contribution < 1.29 is 33.8 Å². The fourth-order valence-electron chi connectivity index (χ4n) is 7.76. The second-order valence-corrected chi connectivity index (χ2v) is 12.7. The van der Waals surface area contributed by atoms with Crippen molar-refractivity contribution in [3.05, 3.63) is 85.5 Å². The Balaban J connectivity index is 1.43. The number of β-amino-alcohol motifs (C(OH)–C–C–N with tert-alkyl or cyclic N) is 1. The summed E-state index contributed by atoms with van der Waals surface area (Å²) >= 11 is 0. The molecule has 3 aliphatic heterocycles.